The second-order valence-electron chi connectivity index (χ2n) is 12.7. The second kappa shape index (κ2) is 7.21. The number of esters is 3. The SMILES string of the molecule is C[C@@H]1C(=O)OC2C(O)C34C5OC(=O)C3(OC3OC(=O)[C@H](O)C34C(C(C)(C)C)[C@H]5OC(=O)N3CCOCC3)[C@]21O. The van der Waals surface area contributed by atoms with Crippen LogP contribution in [0.2, 0.25) is 0 Å². The molecular formula is C25H31NO13. The van der Waals surface area contributed by atoms with E-state index in [0.29, 0.717) is 13.2 Å². The van der Waals surface area contributed by atoms with Crippen LogP contribution >= 0.6 is 0 Å². The lowest BCUT2D eigenvalue weighted by atomic mass is 9.51. The Morgan fingerprint density at radius 1 is 1.03 bits per heavy atom. The standard InChI is InChI=1S/C25H31NO13/c1-9-16(29)36-15-12(27)23-14-10(35-20(32)26-5-7-34-8-6-26)11(21(2,3)4)22(23)13(28)17(30)38-19(22)39-25(23,18(31)37-14)24(9,15)33/h9-15,19,27-28,33H,5-8H2,1-4H3/t9-,10-,11?,12?,13+,14?,15?,19?,22?,23?,24-,25?/m1/s1. The van der Waals surface area contributed by atoms with Crippen molar-refractivity contribution in [2.75, 3.05) is 26.3 Å². The number of carbonyl (C=O) groups excluding carboxylic acids is 4. The molecule has 3 N–H and O–H groups in total. The highest BCUT2D eigenvalue weighted by Gasteiger charge is 3.05. The van der Waals surface area contributed by atoms with E-state index in [1.54, 1.807) is 20.8 Å². The Balaban J connectivity index is 1.48. The van der Waals surface area contributed by atoms with Crippen LogP contribution in [0, 0.1) is 28.1 Å². The zero-order valence-corrected chi connectivity index (χ0v) is 21.8. The number of aliphatic hydroxyl groups is 3. The number of fused-ring (bicyclic) bond motifs is 1. The molecule has 0 aromatic heterocycles. The third-order valence-corrected chi connectivity index (χ3v) is 10.4. The third-order valence-electron chi connectivity index (χ3n) is 10.4. The van der Waals surface area contributed by atoms with Gasteiger partial charge in [-0.15, -0.1) is 0 Å². The van der Waals surface area contributed by atoms with Gasteiger partial charge in [-0.25, -0.2) is 14.4 Å². The first-order valence-corrected chi connectivity index (χ1v) is 13.2. The molecule has 5 aliphatic heterocycles. The molecule has 0 aromatic rings. The van der Waals surface area contributed by atoms with Gasteiger partial charge in [0.25, 0.3) is 0 Å². The molecule has 8 unspecified atom stereocenters. The van der Waals surface area contributed by atoms with E-state index in [9.17, 15) is 34.5 Å². The van der Waals surface area contributed by atoms with Gasteiger partial charge in [-0.1, -0.05) is 20.8 Å². The summed E-state index contributed by atoms with van der Waals surface area (Å²) in [5.74, 6) is -5.40. The summed E-state index contributed by atoms with van der Waals surface area (Å²) in [5.41, 5.74) is -9.81. The molecule has 7 aliphatic rings. The first-order chi connectivity index (χ1) is 18.2. The molecule has 7 rings (SSSR count). The lowest BCUT2D eigenvalue weighted by Gasteiger charge is -2.47. The fourth-order valence-electron chi connectivity index (χ4n) is 9.29. The maximum Gasteiger partial charge on any atom is 0.410 e. The van der Waals surface area contributed by atoms with Gasteiger partial charge >= 0.3 is 24.0 Å². The average molecular weight is 554 g/mol. The summed E-state index contributed by atoms with van der Waals surface area (Å²) in [5, 5.41) is 35.9. The molecule has 5 saturated heterocycles. The molecule has 7 fully saturated rings. The molecule has 14 heteroatoms. The summed E-state index contributed by atoms with van der Waals surface area (Å²) < 4.78 is 34.4. The van der Waals surface area contributed by atoms with Crippen molar-refractivity contribution in [2.24, 2.45) is 28.1 Å². The number of amides is 1. The highest BCUT2D eigenvalue weighted by Crippen LogP contribution is 2.84. The predicted octanol–water partition coefficient (Wildman–Crippen LogP) is -1.92. The van der Waals surface area contributed by atoms with Crippen molar-refractivity contribution < 1.29 is 62.9 Å². The zero-order valence-electron chi connectivity index (χ0n) is 21.8. The summed E-state index contributed by atoms with van der Waals surface area (Å²) in [6, 6.07) is 0. The fourth-order valence-corrected chi connectivity index (χ4v) is 9.29. The van der Waals surface area contributed by atoms with Crippen LogP contribution < -0.4 is 0 Å². The van der Waals surface area contributed by atoms with Crippen molar-refractivity contribution in [3.05, 3.63) is 0 Å². The number of nitrogens with zero attached hydrogens (tertiary/aromatic N) is 1. The number of carbonyl (C=O) groups is 4. The molecule has 0 radical (unpaired) electrons. The van der Waals surface area contributed by atoms with Crippen LogP contribution in [0.1, 0.15) is 27.7 Å². The van der Waals surface area contributed by atoms with Crippen molar-refractivity contribution in [3.8, 4) is 0 Å². The lowest BCUT2D eigenvalue weighted by Crippen LogP contribution is -2.67. The predicted molar refractivity (Wildman–Crippen MR) is 120 cm³/mol. The van der Waals surface area contributed by atoms with E-state index in [0.717, 1.165) is 0 Å². The monoisotopic (exact) mass is 553 g/mol. The summed E-state index contributed by atoms with van der Waals surface area (Å²) in [6.07, 6.45) is -10.6. The number of ether oxygens (including phenoxy) is 6. The van der Waals surface area contributed by atoms with Gasteiger partial charge in [0.15, 0.2) is 23.9 Å². The quantitative estimate of drug-likeness (QED) is 0.241. The summed E-state index contributed by atoms with van der Waals surface area (Å²) in [6.45, 7) is 7.79. The molecule has 2 spiro atoms. The van der Waals surface area contributed by atoms with E-state index in [2.05, 4.69) is 0 Å². The number of rotatable bonds is 1. The number of hydrogen-bond donors (Lipinski definition) is 3. The van der Waals surface area contributed by atoms with Crippen molar-refractivity contribution in [1.82, 2.24) is 4.90 Å². The van der Waals surface area contributed by atoms with E-state index in [-0.39, 0.29) is 13.1 Å². The van der Waals surface area contributed by atoms with Gasteiger partial charge in [-0.3, -0.25) is 4.79 Å². The van der Waals surface area contributed by atoms with Crippen molar-refractivity contribution in [1.29, 1.82) is 0 Å². The minimum Gasteiger partial charge on any atom is -0.456 e. The van der Waals surface area contributed by atoms with E-state index in [1.807, 2.05) is 0 Å². The molecule has 0 bridgehead atoms. The molecule has 1 amide bonds. The molecule has 214 valence electrons. The van der Waals surface area contributed by atoms with Gasteiger partial charge < -0.3 is 48.6 Å². The minimum atomic E-state index is -2.48. The van der Waals surface area contributed by atoms with Crippen LogP contribution in [0.25, 0.3) is 0 Å². The van der Waals surface area contributed by atoms with Crippen LogP contribution in [0.3, 0.4) is 0 Å². The van der Waals surface area contributed by atoms with Crippen LogP contribution in [-0.4, -0.2) is 119 Å². The van der Waals surface area contributed by atoms with Gasteiger partial charge in [0.1, 0.15) is 12.2 Å². The number of aliphatic hydroxyl groups excluding tert-OH is 2. The number of morpholine rings is 1. The summed E-state index contributed by atoms with van der Waals surface area (Å²) >= 11 is 0. The van der Waals surface area contributed by atoms with Crippen LogP contribution in [0.15, 0.2) is 0 Å². The van der Waals surface area contributed by atoms with Crippen molar-refractivity contribution in [2.45, 2.75) is 75.7 Å². The van der Waals surface area contributed by atoms with Crippen molar-refractivity contribution in [3.63, 3.8) is 0 Å². The second-order valence-corrected chi connectivity index (χ2v) is 12.7. The summed E-state index contributed by atoms with van der Waals surface area (Å²) in [4.78, 5) is 54.4. The number of hydrogen-bond acceptors (Lipinski definition) is 13. The van der Waals surface area contributed by atoms with Gasteiger partial charge in [0.2, 0.25) is 11.9 Å². The molecule has 2 aliphatic carbocycles. The van der Waals surface area contributed by atoms with E-state index >= 15 is 0 Å². The third kappa shape index (κ3) is 2.30. The van der Waals surface area contributed by atoms with Gasteiger partial charge in [-0.2, -0.15) is 0 Å². The van der Waals surface area contributed by atoms with Crippen molar-refractivity contribution >= 4 is 24.0 Å². The maximum absolute atomic E-state index is 13.9. The Morgan fingerprint density at radius 2 is 1.69 bits per heavy atom. The Labute approximate surface area is 222 Å². The van der Waals surface area contributed by atoms with Crippen LogP contribution in [-0.2, 0) is 42.8 Å². The Bertz CT molecular complexity index is 1190. The summed E-state index contributed by atoms with van der Waals surface area (Å²) in [7, 11) is 0. The van der Waals surface area contributed by atoms with Gasteiger partial charge in [0, 0.05) is 19.0 Å². The maximum atomic E-state index is 13.9. The van der Waals surface area contributed by atoms with Crippen LogP contribution in [0.5, 0.6) is 0 Å². The lowest BCUT2D eigenvalue weighted by molar-refractivity contribution is -0.240. The molecule has 14 nitrogen and oxygen atoms in total. The van der Waals surface area contributed by atoms with Gasteiger partial charge in [0.05, 0.1) is 30.0 Å². The fraction of sp³-hybridized carbons (Fsp3) is 0.840. The molecule has 39 heavy (non-hydrogen) atoms. The normalized spacial score (nSPS) is 53.1. The Kier molecular flexibility index (Phi) is 4.71. The highest BCUT2D eigenvalue weighted by atomic mass is 16.8. The molecule has 2 saturated carbocycles. The highest BCUT2D eigenvalue weighted by molar-refractivity contribution is 5.94. The first kappa shape index (κ1) is 25.4. The Hall–Kier alpha value is -2.52. The smallest absolute Gasteiger partial charge is 0.410 e. The van der Waals surface area contributed by atoms with E-state index in [1.165, 1.54) is 11.8 Å². The van der Waals surface area contributed by atoms with E-state index < -0.39 is 100 Å². The minimum absolute atomic E-state index is 0.254. The molecule has 5 heterocycles. The Morgan fingerprint density at radius 3 is 2.33 bits per heavy atom. The molecule has 0 aromatic carbocycles. The largest absolute Gasteiger partial charge is 0.456 e. The molecular weight excluding hydrogens is 522 g/mol. The van der Waals surface area contributed by atoms with Crippen LogP contribution in [0.4, 0.5) is 4.79 Å². The first-order valence-electron chi connectivity index (χ1n) is 13.2. The van der Waals surface area contributed by atoms with E-state index in [4.69, 9.17) is 28.4 Å². The average Bonchev–Trinajstić information content (AvgIpc) is 3.58. The van der Waals surface area contributed by atoms with Gasteiger partial charge in [-0.05, 0) is 12.3 Å². The molecule has 12 atom stereocenters. The zero-order chi connectivity index (χ0) is 28.1. The topological polar surface area (TPSA) is 188 Å².